The first-order valence-corrected chi connectivity index (χ1v) is 14.3. The zero-order chi connectivity index (χ0) is 28.6. The second-order valence-electron chi connectivity index (χ2n) is 11.0. The number of nitrogens with one attached hydrogen (secondary N) is 1. The summed E-state index contributed by atoms with van der Waals surface area (Å²) >= 11 is 0.916. The van der Waals surface area contributed by atoms with Gasteiger partial charge >= 0.3 is 0 Å². The lowest BCUT2D eigenvalue weighted by atomic mass is 9.87. The maximum absolute atomic E-state index is 12.1. The van der Waals surface area contributed by atoms with Crippen LogP contribution in [0, 0.1) is 20.8 Å². The van der Waals surface area contributed by atoms with Gasteiger partial charge in [-0.25, -0.2) is 0 Å². The van der Waals surface area contributed by atoms with Crippen molar-refractivity contribution in [2.45, 2.75) is 60.0 Å². The average molecular weight is 558 g/mol. The molecule has 0 aliphatic carbocycles. The number of allylic oxidation sites excluding steroid dienone is 1. The summed E-state index contributed by atoms with van der Waals surface area (Å²) in [5, 5.41) is 3.84. The van der Waals surface area contributed by atoms with Crippen LogP contribution < -0.4 is 19.5 Å². The van der Waals surface area contributed by atoms with E-state index in [9.17, 15) is 9.59 Å². The minimum absolute atomic E-state index is 0.351. The number of rotatable bonds is 7. The van der Waals surface area contributed by atoms with E-state index in [-0.39, 0.29) is 11.1 Å². The highest BCUT2D eigenvalue weighted by Gasteiger charge is 2.36. The lowest BCUT2D eigenvalue weighted by molar-refractivity contribution is -0.115. The summed E-state index contributed by atoms with van der Waals surface area (Å²) in [7, 11) is 0. The summed E-state index contributed by atoms with van der Waals surface area (Å²) in [4.78, 5) is 24.1. The van der Waals surface area contributed by atoms with Crippen molar-refractivity contribution in [1.29, 1.82) is 0 Å². The third kappa shape index (κ3) is 5.48. The summed E-state index contributed by atoms with van der Waals surface area (Å²) < 4.78 is 19.3. The smallest absolute Gasteiger partial charge is 0.290 e. The van der Waals surface area contributed by atoms with E-state index in [0.717, 1.165) is 74.9 Å². The van der Waals surface area contributed by atoms with Gasteiger partial charge in [0.15, 0.2) is 0 Å². The van der Waals surface area contributed by atoms with Crippen LogP contribution in [0.25, 0.3) is 16.8 Å². The standard InChI is InChI=1S/C33H35NO5S/c1-19(2)14-16-37-29-20(3)21(4)30-24(22(29)5)13-15-33(6,39-30)18-38-27-12-11-23(25-9-7-8-10-26(25)27)17-28-31(35)34-32(36)40-28/h7-12,14,17H,13,15-16,18H2,1-6H3,(H,34,35,36)/b28-17-. The molecule has 3 aromatic rings. The maximum Gasteiger partial charge on any atom is 0.290 e. The Hall–Kier alpha value is -3.71. The van der Waals surface area contributed by atoms with Gasteiger partial charge in [-0.05, 0) is 112 Å². The molecule has 5 rings (SSSR count). The minimum Gasteiger partial charge on any atom is -0.489 e. The largest absolute Gasteiger partial charge is 0.489 e. The molecule has 2 aliphatic rings. The molecule has 0 aromatic heterocycles. The van der Waals surface area contributed by atoms with Crippen molar-refractivity contribution < 1.29 is 23.8 Å². The molecule has 6 nitrogen and oxygen atoms in total. The third-order valence-corrected chi connectivity index (χ3v) is 8.47. The molecule has 3 aromatic carbocycles. The van der Waals surface area contributed by atoms with Gasteiger partial charge in [0, 0.05) is 10.9 Å². The molecular weight excluding hydrogens is 522 g/mol. The molecule has 0 bridgehead atoms. The summed E-state index contributed by atoms with van der Waals surface area (Å²) in [6.45, 7) is 13.5. The van der Waals surface area contributed by atoms with E-state index in [4.69, 9.17) is 14.2 Å². The van der Waals surface area contributed by atoms with Crippen LogP contribution in [0.4, 0.5) is 4.79 Å². The van der Waals surface area contributed by atoms with Crippen LogP contribution in [0.5, 0.6) is 17.2 Å². The molecule has 2 amide bonds. The Morgan fingerprint density at radius 1 is 1.02 bits per heavy atom. The number of carbonyl (C=O) groups is 2. The quantitative estimate of drug-likeness (QED) is 0.238. The number of amides is 2. The normalized spacial score (nSPS) is 19.3. The van der Waals surface area contributed by atoms with Gasteiger partial charge in [-0.15, -0.1) is 0 Å². The monoisotopic (exact) mass is 557 g/mol. The fraction of sp³-hybridized carbons (Fsp3) is 0.333. The lowest BCUT2D eigenvalue weighted by Gasteiger charge is -2.38. The molecule has 208 valence electrons. The van der Waals surface area contributed by atoms with Crippen molar-refractivity contribution in [3.05, 3.63) is 80.8 Å². The van der Waals surface area contributed by atoms with E-state index in [1.54, 1.807) is 6.08 Å². The van der Waals surface area contributed by atoms with Gasteiger partial charge in [-0.2, -0.15) is 0 Å². The molecular formula is C33H35NO5S. The van der Waals surface area contributed by atoms with Crippen molar-refractivity contribution in [2.75, 3.05) is 13.2 Å². The SMILES string of the molecule is CC(C)=CCOc1c(C)c(C)c2c(c1C)CCC(C)(COc1ccc(/C=C3\SC(=O)NC3=O)c3ccccc13)O2. The first-order chi connectivity index (χ1) is 19.1. The van der Waals surface area contributed by atoms with Gasteiger partial charge in [-0.3, -0.25) is 14.9 Å². The number of thioether (sulfide) groups is 1. The van der Waals surface area contributed by atoms with Crippen molar-refractivity contribution >= 4 is 39.8 Å². The molecule has 1 unspecified atom stereocenters. The lowest BCUT2D eigenvalue weighted by Crippen LogP contribution is -2.42. The van der Waals surface area contributed by atoms with Gasteiger partial charge in [0.25, 0.3) is 11.1 Å². The van der Waals surface area contributed by atoms with E-state index in [2.05, 4.69) is 52.9 Å². The van der Waals surface area contributed by atoms with Gasteiger partial charge in [-0.1, -0.05) is 35.9 Å². The molecule has 1 fully saturated rings. The molecule has 1 N–H and O–H groups in total. The minimum atomic E-state index is -0.498. The number of ether oxygens (including phenoxy) is 3. The number of imide groups is 1. The topological polar surface area (TPSA) is 73.9 Å². The number of benzene rings is 3. The number of hydrogen-bond acceptors (Lipinski definition) is 6. The van der Waals surface area contributed by atoms with Crippen LogP contribution in [0.2, 0.25) is 0 Å². The Balaban J connectivity index is 1.38. The van der Waals surface area contributed by atoms with Crippen LogP contribution in [0.15, 0.2) is 53.0 Å². The van der Waals surface area contributed by atoms with E-state index < -0.39 is 5.60 Å². The van der Waals surface area contributed by atoms with Crippen molar-refractivity contribution in [1.82, 2.24) is 5.32 Å². The second kappa shape index (κ2) is 11.0. The zero-order valence-electron chi connectivity index (χ0n) is 23.9. The summed E-state index contributed by atoms with van der Waals surface area (Å²) in [5.74, 6) is 2.28. The molecule has 40 heavy (non-hydrogen) atoms. The van der Waals surface area contributed by atoms with Crippen molar-refractivity contribution in [3.63, 3.8) is 0 Å². The molecule has 0 saturated carbocycles. The number of fused-ring (bicyclic) bond motifs is 2. The average Bonchev–Trinajstić information content (AvgIpc) is 3.24. The molecule has 2 aliphatic heterocycles. The van der Waals surface area contributed by atoms with Crippen molar-refractivity contribution in [3.8, 4) is 17.2 Å². The van der Waals surface area contributed by atoms with Crippen LogP contribution in [-0.2, 0) is 11.2 Å². The highest BCUT2D eigenvalue weighted by molar-refractivity contribution is 8.18. The van der Waals surface area contributed by atoms with E-state index in [1.807, 2.05) is 36.4 Å². The Morgan fingerprint density at radius 3 is 2.48 bits per heavy atom. The molecule has 1 saturated heterocycles. The fourth-order valence-electron chi connectivity index (χ4n) is 5.23. The molecule has 2 heterocycles. The predicted molar refractivity (Wildman–Crippen MR) is 161 cm³/mol. The van der Waals surface area contributed by atoms with Crippen LogP contribution in [-0.4, -0.2) is 30.0 Å². The van der Waals surface area contributed by atoms with Crippen LogP contribution >= 0.6 is 11.8 Å². The molecule has 1 atom stereocenters. The Bertz CT molecular complexity index is 1580. The summed E-state index contributed by atoms with van der Waals surface area (Å²) in [5.41, 5.74) is 6.16. The Kier molecular flexibility index (Phi) is 7.69. The van der Waals surface area contributed by atoms with Crippen LogP contribution in [0.3, 0.4) is 0 Å². The highest BCUT2D eigenvalue weighted by Crippen LogP contribution is 2.44. The molecule has 0 spiro atoms. The first-order valence-electron chi connectivity index (χ1n) is 13.5. The second-order valence-corrected chi connectivity index (χ2v) is 12.0. The maximum atomic E-state index is 12.1. The third-order valence-electron chi connectivity index (χ3n) is 7.66. The van der Waals surface area contributed by atoms with Gasteiger partial charge in [0.2, 0.25) is 0 Å². The zero-order valence-corrected chi connectivity index (χ0v) is 24.7. The number of hydrogen-bond donors (Lipinski definition) is 1. The summed E-state index contributed by atoms with van der Waals surface area (Å²) in [6.07, 6.45) is 5.55. The predicted octanol–water partition coefficient (Wildman–Crippen LogP) is 7.60. The molecule has 0 radical (unpaired) electrons. The first kappa shape index (κ1) is 27.8. The highest BCUT2D eigenvalue weighted by atomic mass is 32.2. The Morgan fingerprint density at radius 2 is 1.77 bits per heavy atom. The van der Waals surface area contributed by atoms with Gasteiger partial charge in [0.05, 0.1) is 4.91 Å². The van der Waals surface area contributed by atoms with E-state index in [1.165, 1.54) is 11.1 Å². The van der Waals surface area contributed by atoms with Gasteiger partial charge in [0.1, 0.15) is 36.1 Å². The fourth-order valence-corrected chi connectivity index (χ4v) is 5.90. The molecule has 7 heteroatoms. The Labute approximate surface area is 239 Å². The van der Waals surface area contributed by atoms with E-state index in [0.29, 0.717) is 18.1 Å². The van der Waals surface area contributed by atoms with E-state index >= 15 is 0 Å². The number of carbonyl (C=O) groups excluding carboxylic acids is 2. The van der Waals surface area contributed by atoms with Crippen LogP contribution in [0.1, 0.15) is 55.0 Å². The van der Waals surface area contributed by atoms with Crippen molar-refractivity contribution in [2.24, 2.45) is 0 Å². The van der Waals surface area contributed by atoms with Gasteiger partial charge < -0.3 is 14.2 Å². The summed E-state index contributed by atoms with van der Waals surface area (Å²) in [6, 6.07) is 11.8.